The zero-order chi connectivity index (χ0) is 25.9. The Morgan fingerprint density at radius 3 is 2.37 bits per heavy atom. The SMILES string of the molecule is CCOC(O)c1sc2c(c1C)c(=O)n(CC(=O)OC(C)(C)C)c(=O)n2CC(OC)c1ccccc1. The molecule has 0 saturated heterocycles. The summed E-state index contributed by atoms with van der Waals surface area (Å²) < 4.78 is 18.7. The summed E-state index contributed by atoms with van der Waals surface area (Å²) in [5, 5.41) is 10.7. The van der Waals surface area contributed by atoms with Crippen LogP contribution in [0.25, 0.3) is 10.2 Å². The fraction of sp³-hybridized carbons (Fsp3) is 0.480. The van der Waals surface area contributed by atoms with Gasteiger partial charge in [-0.15, -0.1) is 11.3 Å². The number of thiophene rings is 1. The predicted molar refractivity (Wildman–Crippen MR) is 134 cm³/mol. The highest BCUT2D eigenvalue weighted by atomic mass is 32.1. The minimum absolute atomic E-state index is 0.0918. The van der Waals surface area contributed by atoms with Gasteiger partial charge >= 0.3 is 11.7 Å². The van der Waals surface area contributed by atoms with E-state index in [2.05, 4.69) is 0 Å². The highest BCUT2D eigenvalue weighted by Gasteiger charge is 2.27. The molecule has 0 aliphatic heterocycles. The molecule has 3 rings (SSSR count). The van der Waals surface area contributed by atoms with Gasteiger partial charge in [-0.1, -0.05) is 30.3 Å². The van der Waals surface area contributed by atoms with Crippen molar-refractivity contribution in [3.63, 3.8) is 0 Å². The average molecular weight is 505 g/mol. The Hall–Kier alpha value is -2.79. The molecule has 2 atom stereocenters. The van der Waals surface area contributed by atoms with Crippen LogP contribution in [0, 0.1) is 6.92 Å². The third-order valence-electron chi connectivity index (χ3n) is 5.39. The van der Waals surface area contributed by atoms with E-state index in [0.29, 0.717) is 15.3 Å². The predicted octanol–water partition coefficient (Wildman–Crippen LogP) is 3.29. The lowest BCUT2D eigenvalue weighted by Gasteiger charge is -2.21. The summed E-state index contributed by atoms with van der Waals surface area (Å²) in [6.45, 7) is 8.40. The lowest BCUT2D eigenvalue weighted by molar-refractivity contribution is -0.155. The number of methoxy groups -OCH3 is 1. The molecule has 1 aromatic carbocycles. The third kappa shape index (κ3) is 5.90. The van der Waals surface area contributed by atoms with Gasteiger partial charge in [-0.2, -0.15) is 0 Å². The van der Waals surface area contributed by atoms with Crippen LogP contribution in [0.2, 0.25) is 0 Å². The number of ether oxygens (including phenoxy) is 3. The second kappa shape index (κ2) is 10.9. The molecule has 2 aromatic heterocycles. The van der Waals surface area contributed by atoms with Gasteiger partial charge in [0.2, 0.25) is 0 Å². The van der Waals surface area contributed by atoms with Gasteiger partial charge in [-0.25, -0.2) is 9.36 Å². The number of aliphatic hydroxyl groups excluding tert-OH is 1. The lowest BCUT2D eigenvalue weighted by Crippen LogP contribution is -2.43. The number of hydrogen-bond donors (Lipinski definition) is 1. The highest BCUT2D eigenvalue weighted by molar-refractivity contribution is 7.19. The van der Waals surface area contributed by atoms with Gasteiger partial charge in [-0.05, 0) is 45.7 Å². The van der Waals surface area contributed by atoms with E-state index in [-0.39, 0.29) is 18.5 Å². The van der Waals surface area contributed by atoms with Crippen molar-refractivity contribution in [3.8, 4) is 0 Å². The molecule has 190 valence electrons. The third-order valence-corrected chi connectivity index (χ3v) is 6.74. The summed E-state index contributed by atoms with van der Waals surface area (Å²) in [6, 6.07) is 9.39. The van der Waals surface area contributed by atoms with Crippen LogP contribution < -0.4 is 11.2 Å². The Kier molecular flexibility index (Phi) is 8.32. The Bertz CT molecular complexity index is 1300. The molecule has 0 radical (unpaired) electrons. The van der Waals surface area contributed by atoms with Crippen LogP contribution in [0.4, 0.5) is 0 Å². The van der Waals surface area contributed by atoms with Crippen molar-refractivity contribution in [3.05, 3.63) is 67.2 Å². The molecule has 0 aliphatic rings. The van der Waals surface area contributed by atoms with E-state index in [9.17, 15) is 19.5 Å². The highest BCUT2D eigenvalue weighted by Crippen LogP contribution is 2.34. The molecule has 35 heavy (non-hydrogen) atoms. The number of rotatable bonds is 9. The van der Waals surface area contributed by atoms with Crippen molar-refractivity contribution in [2.24, 2.45) is 0 Å². The zero-order valence-electron chi connectivity index (χ0n) is 20.9. The Labute approximate surface area is 207 Å². The van der Waals surface area contributed by atoms with Crippen LogP contribution in [-0.2, 0) is 32.1 Å². The van der Waals surface area contributed by atoms with Crippen molar-refractivity contribution in [2.75, 3.05) is 13.7 Å². The number of fused-ring (bicyclic) bond motifs is 1. The molecule has 10 heteroatoms. The van der Waals surface area contributed by atoms with Gasteiger partial charge in [-0.3, -0.25) is 14.2 Å². The number of aromatic nitrogens is 2. The van der Waals surface area contributed by atoms with Crippen LogP contribution in [0.3, 0.4) is 0 Å². The molecule has 0 amide bonds. The maximum atomic E-state index is 13.6. The van der Waals surface area contributed by atoms with E-state index < -0.39 is 41.8 Å². The molecule has 9 nitrogen and oxygen atoms in total. The topological polar surface area (TPSA) is 109 Å². The Morgan fingerprint density at radius 2 is 1.80 bits per heavy atom. The fourth-order valence-electron chi connectivity index (χ4n) is 3.83. The van der Waals surface area contributed by atoms with Gasteiger partial charge < -0.3 is 19.3 Å². The molecule has 0 saturated carbocycles. The van der Waals surface area contributed by atoms with Crippen LogP contribution >= 0.6 is 11.3 Å². The summed E-state index contributed by atoms with van der Waals surface area (Å²) in [5.74, 6) is -0.698. The number of carbonyl (C=O) groups is 1. The number of carbonyl (C=O) groups excluding carboxylic acids is 1. The van der Waals surface area contributed by atoms with Crippen LogP contribution in [0.1, 0.15) is 56.1 Å². The Morgan fingerprint density at radius 1 is 1.14 bits per heavy atom. The summed E-state index contributed by atoms with van der Waals surface area (Å²) in [6.07, 6.45) is -1.74. The quantitative estimate of drug-likeness (QED) is 0.352. The van der Waals surface area contributed by atoms with E-state index >= 15 is 0 Å². The number of esters is 1. The summed E-state index contributed by atoms with van der Waals surface area (Å²) in [5.41, 5.74) is -0.709. The second-order valence-corrected chi connectivity index (χ2v) is 10.1. The number of aliphatic hydroxyl groups is 1. The largest absolute Gasteiger partial charge is 0.459 e. The van der Waals surface area contributed by atoms with Gasteiger partial charge in [0.25, 0.3) is 5.56 Å². The Balaban J connectivity index is 2.23. The van der Waals surface area contributed by atoms with Crippen molar-refractivity contribution >= 4 is 27.5 Å². The monoisotopic (exact) mass is 504 g/mol. The maximum absolute atomic E-state index is 13.6. The summed E-state index contributed by atoms with van der Waals surface area (Å²) in [7, 11) is 1.54. The average Bonchev–Trinajstić information content (AvgIpc) is 3.13. The first-order valence-corrected chi connectivity index (χ1v) is 12.2. The standard InChI is InChI=1S/C25H32N2O7S/c1-7-33-23(30)20-15(2)19-21(29)26(14-18(28)34-25(3,4)5)24(31)27(22(19)35-20)13-17(32-6)16-11-9-8-10-12-16/h8-12,17,23,30H,7,13-14H2,1-6H3. The molecule has 0 bridgehead atoms. The minimum atomic E-state index is -1.24. The lowest BCUT2D eigenvalue weighted by atomic mass is 10.1. The molecular formula is C25H32N2O7S. The molecular weight excluding hydrogens is 472 g/mol. The van der Waals surface area contributed by atoms with Crippen molar-refractivity contribution in [1.82, 2.24) is 9.13 Å². The number of nitrogens with zero attached hydrogens (tertiary/aromatic N) is 2. The van der Waals surface area contributed by atoms with E-state index in [1.165, 1.54) is 4.57 Å². The van der Waals surface area contributed by atoms with E-state index in [1.807, 2.05) is 30.3 Å². The smallest absolute Gasteiger partial charge is 0.332 e. The first-order valence-electron chi connectivity index (χ1n) is 11.3. The van der Waals surface area contributed by atoms with Gasteiger partial charge in [0.15, 0.2) is 6.29 Å². The summed E-state index contributed by atoms with van der Waals surface area (Å²) >= 11 is 1.12. The molecule has 3 aromatic rings. The van der Waals surface area contributed by atoms with Gasteiger partial charge in [0.1, 0.15) is 23.1 Å². The van der Waals surface area contributed by atoms with Crippen LogP contribution in [0.5, 0.6) is 0 Å². The summed E-state index contributed by atoms with van der Waals surface area (Å²) in [4.78, 5) is 40.4. The molecule has 0 spiro atoms. The number of aryl methyl sites for hydroxylation is 1. The number of benzene rings is 1. The molecule has 2 heterocycles. The van der Waals surface area contributed by atoms with E-state index in [1.54, 1.807) is 41.7 Å². The van der Waals surface area contributed by atoms with Crippen molar-refractivity contribution in [2.45, 2.75) is 65.7 Å². The fourth-order valence-corrected chi connectivity index (χ4v) is 5.07. The molecule has 1 N–H and O–H groups in total. The zero-order valence-corrected chi connectivity index (χ0v) is 21.7. The molecule has 2 unspecified atom stereocenters. The first-order chi connectivity index (χ1) is 16.5. The van der Waals surface area contributed by atoms with Gasteiger partial charge in [0.05, 0.1) is 16.8 Å². The van der Waals surface area contributed by atoms with Gasteiger partial charge in [0, 0.05) is 13.7 Å². The van der Waals surface area contributed by atoms with Crippen LogP contribution in [0.15, 0.2) is 39.9 Å². The van der Waals surface area contributed by atoms with E-state index in [4.69, 9.17) is 14.2 Å². The van der Waals surface area contributed by atoms with Crippen molar-refractivity contribution < 1.29 is 24.1 Å². The second-order valence-electron chi connectivity index (χ2n) is 9.09. The normalized spacial score (nSPS) is 13.7. The maximum Gasteiger partial charge on any atom is 0.332 e. The molecule has 0 fully saturated rings. The molecule has 0 aliphatic carbocycles. The number of hydrogen-bond acceptors (Lipinski definition) is 8. The minimum Gasteiger partial charge on any atom is -0.459 e. The van der Waals surface area contributed by atoms with E-state index in [0.717, 1.165) is 21.5 Å². The van der Waals surface area contributed by atoms with Crippen LogP contribution in [-0.4, -0.2) is 39.5 Å². The van der Waals surface area contributed by atoms with Crippen molar-refractivity contribution in [1.29, 1.82) is 0 Å². The first kappa shape index (κ1) is 26.8.